The highest BCUT2D eigenvalue weighted by Gasteiger charge is 2.37. The van der Waals surface area contributed by atoms with E-state index in [0.717, 1.165) is 12.0 Å². The first-order chi connectivity index (χ1) is 12.8. The molecule has 0 saturated carbocycles. The minimum atomic E-state index is -3.64. The summed E-state index contributed by atoms with van der Waals surface area (Å²) < 4.78 is 28.8. The van der Waals surface area contributed by atoms with Gasteiger partial charge in [0, 0.05) is 26.2 Å². The van der Waals surface area contributed by atoms with E-state index in [4.69, 9.17) is 10.2 Å². The first-order valence-electron chi connectivity index (χ1n) is 9.10. The van der Waals surface area contributed by atoms with Crippen LogP contribution in [0.5, 0.6) is 0 Å². The van der Waals surface area contributed by atoms with Gasteiger partial charge >= 0.3 is 11.9 Å². The first kappa shape index (κ1) is 19.8. The summed E-state index contributed by atoms with van der Waals surface area (Å²) in [5.41, 5.74) is 1.03. The first-order valence-corrected chi connectivity index (χ1v) is 10.5. The second-order valence-electron chi connectivity index (χ2n) is 7.15. The molecule has 0 spiro atoms. The van der Waals surface area contributed by atoms with Crippen molar-refractivity contribution in [2.45, 2.75) is 31.6 Å². The summed E-state index contributed by atoms with van der Waals surface area (Å²) in [7, 11) is -3.64. The third-order valence-corrected chi connectivity index (χ3v) is 7.45. The number of hydrogen-bond donors (Lipinski definition) is 2. The number of carboxylic acids is 2. The van der Waals surface area contributed by atoms with Crippen LogP contribution < -0.4 is 0 Å². The maximum atomic E-state index is 13.0. The van der Waals surface area contributed by atoms with E-state index in [1.807, 2.05) is 6.07 Å². The van der Waals surface area contributed by atoms with Crippen molar-refractivity contribution in [3.8, 4) is 0 Å². The molecule has 1 aromatic rings. The maximum Gasteiger partial charge on any atom is 0.335 e. The van der Waals surface area contributed by atoms with Gasteiger partial charge in [-0.2, -0.15) is 17.0 Å². The lowest BCUT2D eigenvalue weighted by atomic mass is 9.91. The van der Waals surface area contributed by atoms with Crippen LogP contribution in [-0.2, 0) is 15.0 Å². The van der Waals surface area contributed by atoms with Crippen molar-refractivity contribution in [3.05, 3.63) is 35.4 Å². The Labute approximate surface area is 158 Å². The molecule has 1 atom stereocenters. The Morgan fingerprint density at radius 1 is 1.00 bits per heavy atom. The molecule has 2 heterocycles. The van der Waals surface area contributed by atoms with Gasteiger partial charge in [0.05, 0.1) is 11.5 Å². The lowest BCUT2D eigenvalue weighted by Crippen LogP contribution is -2.50. The number of hydrogen-bond acceptors (Lipinski definition) is 4. The highest BCUT2D eigenvalue weighted by molar-refractivity contribution is 7.86. The lowest BCUT2D eigenvalue weighted by Gasteiger charge is -2.37. The standard InChI is InChI=1S/C18H24N2O6S/c21-17(22)13-6-9-19(10-7-13)27(25,26)20-8-2-5-16(12-20)14-3-1-4-15(11-14)18(23)24/h1,3-4,11,13,16H,2,5-10,12H2,(H,21,22)(H,23,24)/t16-/m1/s1. The third kappa shape index (κ3) is 4.31. The Morgan fingerprint density at radius 2 is 1.70 bits per heavy atom. The normalized spacial score (nSPS) is 23.2. The Hall–Kier alpha value is -1.97. The van der Waals surface area contributed by atoms with E-state index in [2.05, 4.69) is 0 Å². The molecule has 0 amide bonds. The van der Waals surface area contributed by atoms with Gasteiger partial charge in [-0.1, -0.05) is 12.1 Å². The summed E-state index contributed by atoms with van der Waals surface area (Å²) in [4.78, 5) is 22.3. The summed E-state index contributed by atoms with van der Waals surface area (Å²) in [6, 6.07) is 6.66. The Morgan fingerprint density at radius 3 is 2.33 bits per heavy atom. The number of carbonyl (C=O) groups is 2. The van der Waals surface area contributed by atoms with Crippen LogP contribution in [0.1, 0.15) is 47.5 Å². The van der Waals surface area contributed by atoms with Crippen LogP contribution >= 0.6 is 0 Å². The molecule has 2 fully saturated rings. The molecule has 0 aromatic heterocycles. The van der Waals surface area contributed by atoms with Crippen LogP contribution in [0, 0.1) is 5.92 Å². The zero-order valence-corrected chi connectivity index (χ0v) is 15.8. The average Bonchev–Trinajstić information content (AvgIpc) is 2.68. The van der Waals surface area contributed by atoms with Crippen molar-refractivity contribution in [3.63, 3.8) is 0 Å². The van der Waals surface area contributed by atoms with Gasteiger partial charge in [-0.05, 0) is 49.3 Å². The number of carboxylic acid groups (broad SMARTS) is 2. The molecule has 0 unspecified atom stereocenters. The minimum absolute atomic E-state index is 0.0515. The van der Waals surface area contributed by atoms with Gasteiger partial charge in [0.2, 0.25) is 0 Å². The molecule has 2 aliphatic heterocycles. The molecule has 0 radical (unpaired) electrons. The zero-order chi connectivity index (χ0) is 19.6. The van der Waals surface area contributed by atoms with E-state index >= 15 is 0 Å². The predicted octanol–water partition coefficient (Wildman–Crippen LogP) is 1.61. The second-order valence-corrected chi connectivity index (χ2v) is 9.08. The molecule has 1 aromatic carbocycles. The maximum absolute atomic E-state index is 13.0. The number of aromatic carboxylic acids is 1. The van der Waals surface area contributed by atoms with Crippen molar-refractivity contribution in [1.82, 2.24) is 8.61 Å². The Balaban J connectivity index is 1.71. The van der Waals surface area contributed by atoms with Crippen molar-refractivity contribution in [1.29, 1.82) is 0 Å². The van der Waals surface area contributed by atoms with Crippen LogP contribution in [0.15, 0.2) is 24.3 Å². The Kier molecular flexibility index (Phi) is 5.83. The topological polar surface area (TPSA) is 115 Å². The van der Waals surface area contributed by atoms with Crippen molar-refractivity contribution >= 4 is 22.1 Å². The Bertz CT molecular complexity index is 817. The molecule has 148 valence electrons. The zero-order valence-electron chi connectivity index (χ0n) is 15.0. The third-order valence-electron chi connectivity index (χ3n) is 5.44. The summed E-state index contributed by atoms with van der Waals surface area (Å²) in [5.74, 6) is -2.41. The van der Waals surface area contributed by atoms with Gasteiger partial charge in [0.25, 0.3) is 10.2 Å². The summed E-state index contributed by atoms with van der Waals surface area (Å²) in [5, 5.41) is 18.2. The average molecular weight is 396 g/mol. The van der Waals surface area contributed by atoms with E-state index in [1.165, 1.54) is 14.7 Å². The highest BCUT2D eigenvalue weighted by Crippen LogP contribution is 2.31. The van der Waals surface area contributed by atoms with Crippen LogP contribution in [-0.4, -0.2) is 65.4 Å². The van der Waals surface area contributed by atoms with Gasteiger partial charge in [-0.15, -0.1) is 0 Å². The van der Waals surface area contributed by atoms with Gasteiger partial charge in [0.15, 0.2) is 0 Å². The minimum Gasteiger partial charge on any atom is -0.481 e. The van der Waals surface area contributed by atoms with Gasteiger partial charge < -0.3 is 10.2 Å². The van der Waals surface area contributed by atoms with Crippen LogP contribution in [0.4, 0.5) is 0 Å². The number of nitrogens with zero attached hydrogens (tertiary/aromatic N) is 2. The summed E-state index contributed by atoms with van der Waals surface area (Å²) in [6.45, 7) is 1.17. The van der Waals surface area contributed by atoms with Crippen molar-refractivity contribution in [2.75, 3.05) is 26.2 Å². The SMILES string of the molecule is O=C(O)c1cccc([C@@H]2CCCN(S(=O)(=O)N3CCC(C(=O)O)CC3)C2)c1. The molecule has 27 heavy (non-hydrogen) atoms. The van der Waals surface area contributed by atoms with Gasteiger partial charge in [-0.25, -0.2) is 4.79 Å². The smallest absolute Gasteiger partial charge is 0.335 e. The molecule has 9 heteroatoms. The summed E-state index contributed by atoms with van der Waals surface area (Å²) >= 11 is 0. The fourth-order valence-corrected chi connectivity index (χ4v) is 5.57. The van der Waals surface area contributed by atoms with E-state index in [1.54, 1.807) is 12.1 Å². The van der Waals surface area contributed by atoms with Crippen LogP contribution in [0.25, 0.3) is 0 Å². The fraction of sp³-hybridized carbons (Fsp3) is 0.556. The van der Waals surface area contributed by atoms with E-state index in [9.17, 15) is 18.0 Å². The molecule has 0 aliphatic carbocycles. The van der Waals surface area contributed by atoms with Crippen LogP contribution in [0.3, 0.4) is 0 Å². The highest BCUT2D eigenvalue weighted by atomic mass is 32.2. The second kappa shape index (κ2) is 7.95. The van der Waals surface area contributed by atoms with E-state index < -0.39 is 28.1 Å². The number of aliphatic carboxylic acids is 1. The molecule has 2 saturated heterocycles. The van der Waals surface area contributed by atoms with E-state index in [0.29, 0.717) is 32.4 Å². The molecule has 8 nitrogen and oxygen atoms in total. The monoisotopic (exact) mass is 396 g/mol. The molecule has 2 N–H and O–H groups in total. The van der Waals surface area contributed by atoms with Gasteiger partial charge in [-0.3, -0.25) is 4.79 Å². The number of benzene rings is 1. The van der Waals surface area contributed by atoms with Crippen LogP contribution in [0.2, 0.25) is 0 Å². The van der Waals surface area contributed by atoms with Crippen molar-refractivity contribution < 1.29 is 28.2 Å². The van der Waals surface area contributed by atoms with Gasteiger partial charge in [0.1, 0.15) is 0 Å². The van der Waals surface area contributed by atoms with E-state index in [-0.39, 0.29) is 24.6 Å². The number of piperidine rings is 2. The lowest BCUT2D eigenvalue weighted by molar-refractivity contribution is -0.142. The fourth-order valence-electron chi connectivity index (χ4n) is 3.85. The predicted molar refractivity (Wildman–Crippen MR) is 97.8 cm³/mol. The molecule has 3 rings (SSSR count). The summed E-state index contributed by atoms with van der Waals surface area (Å²) in [6.07, 6.45) is 2.15. The molecular formula is C18H24N2O6S. The molecule has 2 aliphatic rings. The molecular weight excluding hydrogens is 372 g/mol. The number of rotatable bonds is 5. The van der Waals surface area contributed by atoms with Crippen molar-refractivity contribution in [2.24, 2.45) is 5.92 Å². The molecule has 0 bridgehead atoms. The quantitative estimate of drug-likeness (QED) is 0.781. The largest absolute Gasteiger partial charge is 0.481 e.